The second-order valence-corrected chi connectivity index (χ2v) is 5.80. The Morgan fingerprint density at radius 3 is 2.81 bits per heavy atom. The summed E-state index contributed by atoms with van der Waals surface area (Å²) >= 11 is 0. The third-order valence-corrected chi connectivity index (χ3v) is 3.94. The first-order chi connectivity index (χ1) is 12.6. The zero-order valence-corrected chi connectivity index (χ0v) is 14.6. The summed E-state index contributed by atoms with van der Waals surface area (Å²) < 4.78 is 20.7. The molecule has 6 heteroatoms. The van der Waals surface area contributed by atoms with Gasteiger partial charge >= 0.3 is 0 Å². The minimum Gasteiger partial charge on any atom is -0.494 e. The summed E-state index contributed by atoms with van der Waals surface area (Å²) in [5, 5.41) is 7.07. The van der Waals surface area contributed by atoms with Crippen molar-refractivity contribution in [3.8, 4) is 11.4 Å². The van der Waals surface area contributed by atoms with E-state index in [1.54, 1.807) is 30.5 Å². The summed E-state index contributed by atoms with van der Waals surface area (Å²) in [6.07, 6.45) is 1.56. The highest BCUT2D eigenvalue weighted by atomic mass is 19.1. The van der Waals surface area contributed by atoms with Gasteiger partial charge in [0.15, 0.2) is 5.69 Å². The fraction of sp³-hybridized carbons (Fsp3) is 0.200. The average molecular weight is 353 g/mol. The van der Waals surface area contributed by atoms with Gasteiger partial charge in [0, 0.05) is 6.20 Å². The van der Waals surface area contributed by atoms with E-state index in [4.69, 9.17) is 4.74 Å². The van der Waals surface area contributed by atoms with Crippen LogP contribution >= 0.6 is 0 Å². The number of para-hydroxylation sites is 1. The fourth-order valence-corrected chi connectivity index (χ4v) is 2.61. The number of nitrogens with zero attached hydrogens (tertiary/aromatic N) is 2. The summed E-state index contributed by atoms with van der Waals surface area (Å²) in [6, 6.07) is 15.2. The summed E-state index contributed by atoms with van der Waals surface area (Å²) in [5.74, 6) is 0.0352. The van der Waals surface area contributed by atoms with E-state index in [0.717, 1.165) is 11.3 Å². The number of carbonyl (C=O) groups is 1. The Labute approximate surface area is 151 Å². The zero-order chi connectivity index (χ0) is 18.5. The summed E-state index contributed by atoms with van der Waals surface area (Å²) in [4.78, 5) is 12.5. The summed E-state index contributed by atoms with van der Waals surface area (Å²) in [5.41, 5.74) is 1.45. The van der Waals surface area contributed by atoms with E-state index in [1.165, 1.54) is 10.7 Å². The Morgan fingerprint density at radius 1 is 1.23 bits per heavy atom. The average Bonchev–Trinajstić information content (AvgIpc) is 3.12. The minimum atomic E-state index is -0.399. The number of amides is 1. The van der Waals surface area contributed by atoms with Gasteiger partial charge in [0.1, 0.15) is 17.3 Å². The van der Waals surface area contributed by atoms with Crippen molar-refractivity contribution in [3.63, 3.8) is 0 Å². The molecular formula is C20H20FN3O2. The maximum atomic E-state index is 13.8. The standard InChI is InChI=1S/C20H20FN3O2/c1-3-26-16-8-6-7-15(13-16)14(2)22-20(25)18-11-12-24(23-18)19-10-5-4-9-17(19)21/h4-14H,3H2,1-2H3,(H,22,25). The number of nitrogens with one attached hydrogen (secondary N) is 1. The second-order valence-electron chi connectivity index (χ2n) is 5.80. The highest BCUT2D eigenvalue weighted by Gasteiger charge is 2.15. The lowest BCUT2D eigenvalue weighted by Crippen LogP contribution is -2.27. The smallest absolute Gasteiger partial charge is 0.272 e. The van der Waals surface area contributed by atoms with E-state index in [2.05, 4.69) is 10.4 Å². The van der Waals surface area contributed by atoms with E-state index in [-0.39, 0.29) is 17.6 Å². The Hall–Kier alpha value is -3.15. The van der Waals surface area contributed by atoms with Crippen LogP contribution in [0.1, 0.15) is 35.9 Å². The molecule has 1 N–H and O–H groups in total. The molecule has 134 valence electrons. The van der Waals surface area contributed by atoms with Crippen LogP contribution in [0.5, 0.6) is 5.75 Å². The molecule has 2 aromatic carbocycles. The molecule has 3 rings (SSSR count). The van der Waals surface area contributed by atoms with Crippen LogP contribution in [0.3, 0.4) is 0 Å². The molecule has 0 fully saturated rings. The molecule has 1 aromatic heterocycles. The fourth-order valence-electron chi connectivity index (χ4n) is 2.61. The van der Waals surface area contributed by atoms with E-state index in [0.29, 0.717) is 12.3 Å². The van der Waals surface area contributed by atoms with E-state index < -0.39 is 5.82 Å². The van der Waals surface area contributed by atoms with Crippen LogP contribution in [0.4, 0.5) is 4.39 Å². The van der Waals surface area contributed by atoms with Crippen LogP contribution in [0, 0.1) is 5.82 Å². The molecule has 1 heterocycles. The third kappa shape index (κ3) is 3.91. The SMILES string of the molecule is CCOc1cccc(C(C)NC(=O)c2ccn(-c3ccccc3F)n2)c1. The van der Waals surface area contributed by atoms with Crippen molar-refractivity contribution in [2.45, 2.75) is 19.9 Å². The normalized spacial score (nSPS) is 11.8. The van der Waals surface area contributed by atoms with Crippen LogP contribution in [-0.4, -0.2) is 22.3 Å². The Balaban J connectivity index is 1.72. The van der Waals surface area contributed by atoms with Crippen LogP contribution in [0.15, 0.2) is 60.8 Å². The largest absolute Gasteiger partial charge is 0.494 e. The van der Waals surface area contributed by atoms with E-state index >= 15 is 0 Å². The number of aromatic nitrogens is 2. The second kappa shape index (κ2) is 7.82. The molecule has 3 aromatic rings. The highest BCUT2D eigenvalue weighted by molar-refractivity contribution is 5.92. The van der Waals surface area contributed by atoms with E-state index in [9.17, 15) is 9.18 Å². The molecule has 0 bridgehead atoms. The quantitative estimate of drug-likeness (QED) is 0.731. The zero-order valence-electron chi connectivity index (χ0n) is 14.6. The van der Waals surface area contributed by atoms with Crippen molar-refractivity contribution in [2.24, 2.45) is 0 Å². The Kier molecular flexibility index (Phi) is 5.31. The van der Waals surface area contributed by atoms with Crippen molar-refractivity contribution in [1.29, 1.82) is 0 Å². The van der Waals surface area contributed by atoms with Crippen LogP contribution < -0.4 is 10.1 Å². The Morgan fingerprint density at radius 2 is 2.04 bits per heavy atom. The van der Waals surface area contributed by atoms with Crippen molar-refractivity contribution in [2.75, 3.05) is 6.61 Å². The molecule has 26 heavy (non-hydrogen) atoms. The third-order valence-electron chi connectivity index (χ3n) is 3.94. The Bertz CT molecular complexity index is 907. The summed E-state index contributed by atoms with van der Waals surface area (Å²) in [6.45, 7) is 4.39. The van der Waals surface area contributed by atoms with Crippen LogP contribution in [0.25, 0.3) is 5.69 Å². The molecule has 1 unspecified atom stereocenters. The maximum absolute atomic E-state index is 13.8. The summed E-state index contributed by atoms with van der Waals surface area (Å²) in [7, 11) is 0. The first kappa shape index (κ1) is 17.7. The topological polar surface area (TPSA) is 56.1 Å². The monoisotopic (exact) mass is 353 g/mol. The van der Waals surface area contributed by atoms with Gasteiger partial charge in [0.25, 0.3) is 5.91 Å². The molecule has 0 spiro atoms. The molecular weight excluding hydrogens is 333 g/mol. The van der Waals surface area contributed by atoms with Crippen LogP contribution in [-0.2, 0) is 0 Å². The van der Waals surface area contributed by atoms with Gasteiger partial charge in [-0.1, -0.05) is 24.3 Å². The van der Waals surface area contributed by atoms with Crippen molar-refractivity contribution in [1.82, 2.24) is 15.1 Å². The lowest BCUT2D eigenvalue weighted by atomic mass is 10.1. The molecule has 5 nitrogen and oxygen atoms in total. The lowest BCUT2D eigenvalue weighted by Gasteiger charge is -2.14. The molecule has 0 saturated heterocycles. The van der Waals surface area contributed by atoms with Gasteiger partial charge in [-0.25, -0.2) is 9.07 Å². The molecule has 1 amide bonds. The molecule has 0 aliphatic heterocycles. The predicted molar refractivity (Wildman–Crippen MR) is 97.0 cm³/mol. The van der Waals surface area contributed by atoms with Gasteiger partial charge in [-0.05, 0) is 49.7 Å². The van der Waals surface area contributed by atoms with Gasteiger partial charge in [0.2, 0.25) is 0 Å². The number of carbonyl (C=O) groups excluding carboxylic acids is 1. The predicted octanol–water partition coefficient (Wildman–Crippen LogP) is 3.90. The van der Waals surface area contributed by atoms with Crippen molar-refractivity contribution < 1.29 is 13.9 Å². The molecule has 0 aliphatic carbocycles. The number of halogens is 1. The van der Waals surface area contributed by atoms with Crippen molar-refractivity contribution in [3.05, 3.63) is 77.9 Å². The van der Waals surface area contributed by atoms with E-state index in [1.807, 2.05) is 38.1 Å². The number of ether oxygens (including phenoxy) is 1. The molecule has 0 radical (unpaired) electrons. The number of benzene rings is 2. The highest BCUT2D eigenvalue weighted by Crippen LogP contribution is 2.19. The number of hydrogen-bond acceptors (Lipinski definition) is 3. The van der Waals surface area contributed by atoms with Gasteiger partial charge in [-0.15, -0.1) is 0 Å². The van der Waals surface area contributed by atoms with Gasteiger partial charge in [0.05, 0.1) is 12.6 Å². The minimum absolute atomic E-state index is 0.221. The first-order valence-corrected chi connectivity index (χ1v) is 8.42. The molecule has 0 saturated carbocycles. The number of hydrogen-bond donors (Lipinski definition) is 1. The maximum Gasteiger partial charge on any atom is 0.272 e. The lowest BCUT2D eigenvalue weighted by molar-refractivity contribution is 0.0934. The molecule has 0 aliphatic rings. The number of rotatable bonds is 6. The van der Waals surface area contributed by atoms with Gasteiger partial charge < -0.3 is 10.1 Å². The molecule has 1 atom stereocenters. The first-order valence-electron chi connectivity index (χ1n) is 8.42. The van der Waals surface area contributed by atoms with Crippen molar-refractivity contribution >= 4 is 5.91 Å². The van der Waals surface area contributed by atoms with Gasteiger partial charge in [-0.2, -0.15) is 5.10 Å². The van der Waals surface area contributed by atoms with Crippen LogP contribution in [0.2, 0.25) is 0 Å². The van der Waals surface area contributed by atoms with Gasteiger partial charge in [-0.3, -0.25) is 4.79 Å².